The van der Waals surface area contributed by atoms with Crippen LogP contribution in [0, 0.1) is 3.57 Å². The monoisotopic (exact) mass is 298 g/mol. The molecule has 5 heteroatoms. The lowest BCUT2D eigenvalue weighted by Crippen LogP contribution is -2.07. The van der Waals surface area contributed by atoms with Crippen molar-refractivity contribution >= 4 is 39.9 Å². The first kappa shape index (κ1) is 10.0. The Morgan fingerprint density at radius 2 is 2.42 bits per heavy atom. The molecule has 0 atom stereocenters. The number of rotatable bonds is 3. The van der Waals surface area contributed by atoms with Gasteiger partial charge in [-0.25, -0.2) is 4.98 Å². The molecular formula is C7H8ClIN2O. The number of aromatic nitrogens is 1. The summed E-state index contributed by atoms with van der Waals surface area (Å²) in [5.74, 6) is 0. The average Bonchev–Trinajstić information content (AvgIpc) is 2.04. The van der Waals surface area contributed by atoms with Gasteiger partial charge in [-0.05, 0) is 28.7 Å². The summed E-state index contributed by atoms with van der Waals surface area (Å²) in [6.45, 7) is 0.572. The van der Waals surface area contributed by atoms with Crippen molar-refractivity contribution in [3.63, 3.8) is 0 Å². The Kier molecular flexibility index (Phi) is 4.03. The molecule has 2 N–H and O–H groups in total. The van der Waals surface area contributed by atoms with Crippen molar-refractivity contribution in [1.29, 1.82) is 0 Å². The SMILES string of the molecule is OCCNc1c(I)ccnc1Cl. The molecule has 0 aromatic carbocycles. The van der Waals surface area contributed by atoms with Crippen molar-refractivity contribution < 1.29 is 5.11 Å². The molecule has 0 spiro atoms. The highest BCUT2D eigenvalue weighted by molar-refractivity contribution is 14.1. The minimum Gasteiger partial charge on any atom is -0.395 e. The molecule has 1 heterocycles. The molecule has 66 valence electrons. The van der Waals surface area contributed by atoms with E-state index in [9.17, 15) is 0 Å². The van der Waals surface area contributed by atoms with Crippen molar-refractivity contribution in [3.05, 3.63) is 21.0 Å². The van der Waals surface area contributed by atoms with E-state index in [-0.39, 0.29) is 6.61 Å². The smallest absolute Gasteiger partial charge is 0.153 e. The van der Waals surface area contributed by atoms with Gasteiger partial charge in [-0.2, -0.15) is 0 Å². The number of aliphatic hydroxyl groups excluding tert-OH is 1. The van der Waals surface area contributed by atoms with E-state index in [0.717, 1.165) is 9.26 Å². The van der Waals surface area contributed by atoms with E-state index in [2.05, 4.69) is 32.9 Å². The van der Waals surface area contributed by atoms with Crippen LogP contribution in [0.1, 0.15) is 0 Å². The van der Waals surface area contributed by atoms with E-state index in [4.69, 9.17) is 16.7 Å². The zero-order valence-corrected chi connectivity index (χ0v) is 9.13. The molecule has 0 amide bonds. The largest absolute Gasteiger partial charge is 0.395 e. The van der Waals surface area contributed by atoms with E-state index in [1.54, 1.807) is 6.20 Å². The summed E-state index contributed by atoms with van der Waals surface area (Å²) in [6.07, 6.45) is 1.65. The summed E-state index contributed by atoms with van der Waals surface area (Å²) in [6, 6.07) is 1.85. The molecule has 0 aliphatic heterocycles. The molecule has 0 aliphatic carbocycles. The van der Waals surface area contributed by atoms with E-state index in [1.807, 2.05) is 6.07 Å². The third-order valence-corrected chi connectivity index (χ3v) is 2.45. The Hall–Kier alpha value is -0.0700. The third-order valence-electron chi connectivity index (χ3n) is 1.27. The van der Waals surface area contributed by atoms with E-state index >= 15 is 0 Å². The maximum absolute atomic E-state index is 8.58. The maximum atomic E-state index is 8.58. The Bertz CT molecular complexity index is 249. The standard InChI is InChI=1S/C7H8ClIN2O/c8-7-6(10-3-4-12)5(9)1-2-11-7/h1-2,10,12H,3-4H2. The summed E-state index contributed by atoms with van der Waals surface area (Å²) in [7, 11) is 0. The fourth-order valence-electron chi connectivity index (χ4n) is 0.753. The summed E-state index contributed by atoms with van der Waals surface area (Å²) in [5.41, 5.74) is 0.786. The van der Waals surface area contributed by atoms with Gasteiger partial charge in [-0.1, -0.05) is 11.6 Å². The van der Waals surface area contributed by atoms with E-state index in [0.29, 0.717) is 11.7 Å². The van der Waals surface area contributed by atoms with Gasteiger partial charge in [0, 0.05) is 16.3 Å². The third kappa shape index (κ3) is 2.46. The van der Waals surface area contributed by atoms with Gasteiger partial charge in [0.25, 0.3) is 0 Å². The van der Waals surface area contributed by atoms with Crippen LogP contribution in [0.5, 0.6) is 0 Å². The van der Waals surface area contributed by atoms with Gasteiger partial charge in [0.15, 0.2) is 5.15 Å². The lowest BCUT2D eigenvalue weighted by molar-refractivity contribution is 0.311. The van der Waals surface area contributed by atoms with Crippen molar-refractivity contribution in [2.45, 2.75) is 0 Å². The highest BCUT2D eigenvalue weighted by Gasteiger charge is 2.03. The molecular weight excluding hydrogens is 290 g/mol. The van der Waals surface area contributed by atoms with Crippen LogP contribution in [0.25, 0.3) is 0 Å². The number of hydrogen-bond acceptors (Lipinski definition) is 3. The molecule has 1 rings (SSSR count). The molecule has 1 aromatic rings. The lowest BCUT2D eigenvalue weighted by Gasteiger charge is -2.07. The van der Waals surface area contributed by atoms with Crippen molar-refractivity contribution in [3.8, 4) is 0 Å². The fourth-order valence-corrected chi connectivity index (χ4v) is 1.74. The second-order valence-electron chi connectivity index (χ2n) is 2.11. The number of nitrogens with one attached hydrogen (secondary N) is 1. The van der Waals surface area contributed by atoms with Gasteiger partial charge in [0.1, 0.15) is 0 Å². The van der Waals surface area contributed by atoms with Crippen LogP contribution in [0.15, 0.2) is 12.3 Å². The highest BCUT2D eigenvalue weighted by Crippen LogP contribution is 2.24. The van der Waals surface area contributed by atoms with E-state index in [1.165, 1.54) is 0 Å². The maximum Gasteiger partial charge on any atom is 0.153 e. The molecule has 3 nitrogen and oxygen atoms in total. The average molecular weight is 299 g/mol. The lowest BCUT2D eigenvalue weighted by atomic mass is 10.4. The molecule has 0 fully saturated rings. The summed E-state index contributed by atoms with van der Waals surface area (Å²) < 4.78 is 1.00. The minimum atomic E-state index is 0.0846. The van der Waals surface area contributed by atoms with Crippen LogP contribution in [-0.2, 0) is 0 Å². The molecule has 1 aromatic heterocycles. The molecule has 12 heavy (non-hydrogen) atoms. The van der Waals surface area contributed by atoms with Crippen molar-refractivity contribution in [1.82, 2.24) is 4.98 Å². The second-order valence-corrected chi connectivity index (χ2v) is 3.63. The number of hydrogen-bond donors (Lipinski definition) is 2. The predicted molar refractivity (Wildman–Crippen MR) is 57.5 cm³/mol. The summed E-state index contributed by atoms with van der Waals surface area (Å²) >= 11 is 7.96. The van der Waals surface area contributed by atoms with Gasteiger partial charge >= 0.3 is 0 Å². The molecule has 0 aliphatic rings. The Labute approximate surface area is 89.3 Å². The Balaban J connectivity index is 2.81. The normalized spacial score (nSPS) is 9.92. The molecule has 0 saturated carbocycles. The van der Waals surface area contributed by atoms with Gasteiger partial charge < -0.3 is 10.4 Å². The number of nitrogens with zero attached hydrogens (tertiary/aromatic N) is 1. The summed E-state index contributed by atoms with van der Waals surface area (Å²) in [5, 5.41) is 12.0. The zero-order valence-electron chi connectivity index (χ0n) is 6.22. The second kappa shape index (κ2) is 4.84. The first-order valence-corrected chi connectivity index (χ1v) is 4.86. The topological polar surface area (TPSA) is 45.1 Å². The van der Waals surface area contributed by atoms with Crippen LogP contribution in [0.4, 0.5) is 5.69 Å². The van der Waals surface area contributed by atoms with Gasteiger partial charge in [-0.15, -0.1) is 0 Å². The minimum absolute atomic E-state index is 0.0846. The van der Waals surface area contributed by atoms with Gasteiger partial charge in [0.2, 0.25) is 0 Å². The van der Waals surface area contributed by atoms with E-state index < -0.39 is 0 Å². The number of aliphatic hydroxyl groups is 1. The number of anilines is 1. The van der Waals surface area contributed by atoms with Crippen LogP contribution >= 0.6 is 34.2 Å². The van der Waals surface area contributed by atoms with Crippen molar-refractivity contribution in [2.75, 3.05) is 18.5 Å². The van der Waals surface area contributed by atoms with Crippen LogP contribution < -0.4 is 5.32 Å². The van der Waals surface area contributed by atoms with Crippen LogP contribution in [-0.4, -0.2) is 23.2 Å². The van der Waals surface area contributed by atoms with Gasteiger partial charge in [-0.3, -0.25) is 0 Å². The number of halogens is 2. The number of pyridine rings is 1. The molecule has 0 unspecified atom stereocenters. The molecule has 0 saturated heterocycles. The van der Waals surface area contributed by atoms with Crippen LogP contribution in [0.3, 0.4) is 0 Å². The van der Waals surface area contributed by atoms with Crippen LogP contribution in [0.2, 0.25) is 5.15 Å². The molecule has 0 radical (unpaired) electrons. The predicted octanol–water partition coefficient (Wildman–Crippen LogP) is 1.74. The first-order valence-electron chi connectivity index (χ1n) is 3.40. The zero-order chi connectivity index (χ0) is 8.97. The van der Waals surface area contributed by atoms with Crippen molar-refractivity contribution in [2.24, 2.45) is 0 Å². The first-order chi connectivity index (χ1) is 5.75. The fraction of sp³-hybridized carbons (Fsp3) is 0.286. The molecule has 0 bridgehead atoms. The Morgan fingerprint density at radius 3 is 3.00 bits per heavy atom. The van der Waals surface area contributed by atoms with Gasteiger partial charge in [0.05, 0.1) is 12.3 Å². The highest BCUT2D eigenvalue weighted by atomic mass is 127. The Morgan fingerprint density at radius 1 is 1.67 bits per heavy atom. The quantitative estimate of drug-likeness (QED) is 0.660. The summed E-state index contributed by atoms with van der Waals surface area (Å²) in [4.78, 5) is 3.91.